The molecule has 0 amide bonds. The van der Waals surface area contributed by atoms with Crippen molar-refractivity contribution >= 4 is 23.2 Å². The summed E-state index contributed by atoms with van der Waals surface area (Å²) >= 11 is 1.46. The van der Waals surface area contributed by atoms with Crippen LogP contribution in [-0.2, 0) is 6.42 Å². The normalized spacial score (nSPS) is 15.0. The number of ether oxygens (including phenoxy) is 1. The van der Waals surface area contributed by atoms with Gasteiger partial charge in [0.15, 0.2) is 11.5 Å². The quantitative estimate of drug-likeness (QED) is 0.641. The van der Waals surface area contributed by atoms with E-state index in [-0.39, 0.29) is 11.5 Å². The summed E-state index contributed by atoms with van der Waals surface area (Å²) in [5.74, 6) is 0.577. The maximum Gasteiger partial charge on any atom is 0.200 e. The van der Waals surface area contributed by atoms with E-state index in [2.05, 4.69) is 4.98 Å². The molecule has 1 heterocycles. The Balaban J connectivity index is 1.65. The van der Waals surface area contributed by atoms with Gasteiger partial charge < -0.3 is 9.84 Å². The first-order valence-electron chi connectivity index (χ1n) is 8.92. The Hall–Kier alpha value is -2.92. The molecule has 0 aliphatic heterocycles. The molecule has 0 fully saturated rings. The molecule has 1 aliphatic rings. The second-order valence-corrected chi connectivity index (χ2v) is 7.32. The van der Waals surface area contributed by atoms with Gasteiger partial charge in [-0.05, 0) is 43.5 Å². The van der Waals surface area contributed by atoms with Gasteiger partial charge in [0.25, 0.3) is 0 Å². The molecule has 0 saturated heterocycles. The van der Waals surface area contributed by atoms with Crippen molar-refractivity contribution in [3.8, 4) is 22.1 Å². The van der Waals surface area contributed by atoms with Crippen LogP contribution in [0.2, 0.25) is 0 Å². The zero-order valence-corrected chi connectivity index (χ0v) is 15.8. The second-order valence-electron chi connectivity index (χ2n) is 6.32. The smallest absolute Gasteiger partial charge is 0.200 e. The summed E-state index contributed by atoms with van der Waals surface area (Å²) in [6.45, 7) is 2.34. The lowest BCUT2D eigenvalue weighted by Crippen LogP contribution is -2.12. The zero-order chi connectivity index (χ0) is 18.8. The summed E-state index contributed by atoms with van der Waals surface area (Å²) < 4.78 is 5.43. The SMILES string of the molecule is CCOc1cc(C=C2CCc3nc(-c4ccccc4)sc3C2=O)ccc1O. The van der Waals surface area contributed by atoms with Crippen molar-refractivity contribution < 1.29 is 14.6 Å². The molecule has 0 saturated carbocycles. The van der Waals surface area contributed by atoms with E-state index >= 15 is 0 Å². The Labute approximate surface area is 161 Å². The fourth-order valence-corrected chi connectivity index (χ4v) is 4.24. The molecule has 5 heteroatoms. The van der Waals surface area contributed by atoms with Gasteiger partial charge >= 0.3 is 0 Å². The largest absolute Gasteiger partial charge is 0.504 e. The van der Waals surface area contributed by atoms with Gasteiger partial charge in [0, 0.05) is 11.1 Å². The number of phenols is 1. The molecule has 2 aromatic carbocycles. The first kappa shape index (κ1) is 17.5. The van der Waals surface area contributed by atoms with E-state index in [4.69, 9.17) is 4.74 Å². The molecule has 0 radical (unpaired) electrons. The van der Waals surface area contributed by atoms with E-state index in [1.807, 2.05) is 43.3 Å². The fraction of sp³-hybridized carbons (Fsp3) is 0.182. The van der Waals surface area contributed by atoms with Crippen LogP contribution >= 0.6 is 11.3 Å². The highest BCUT2D eigenvalue weighted by Gasteiger charge is 2.26. The van der Waals surface area contributed by atoms with Gasteiger partial charge in [-0.15, -0.1) is 11.3 Å². The van der Waals surface area contributed by atoms with E-state index < -0.39 is 0 Å². The fourth-order valence-electron chi connectivity index (χ4n) is 3.15. The lowest BCUT2D eigenvalue weighted by Gasteiger charge is -2.13. The highest BCUT2D eigenvalue weighted by molar-refractivity contribution is 7.17. The average Bonchev–Trinajstić information content (AvgIpc) is 3.13. The van der Waals surface area contributed by atoms with E-state index in [0.717, 1.165) is 38.7 Å². The summed E-state index contributed by atoms with van der Waals surface area (Å²) in [6.07, 6.45) is 3.30. The van der Waals surface area contributed by atoms with Gasteiger partial charge in [0.2, 0.25) is 5.78 Å². The molecular weight excluding hydrogens is 358 g/mol. The molecule has 27 heavy (non-hydrogen) atoms. The molecule has 1 aliphatic carbocycles. The predicted molar refractivity (Wildman–Crippen MR) is 107 cm³/mol. The lowest BCUT2D eigenvalue weighted by atomic mass is 9.94. The van der Waals surface area contributed by atoms with Gasteiger partial charge in [0.1, 0.15) is 5.01 Å². The number of hydrogen-bond donors (Lipinski definition) is 1. The predicted octanol–water partition coefficient (Wildman–Crippen LogP) is 5.13. The standard InChI is InChI=1S/C22H19NO3S/c1-2-26-19-13-14(8-11-18(19)24)12-16-9-10-17-21(20(16)25)27-22(23-17)15-6-4-3-5-7-15/h3-8,11-13,24H,2,9-10H2,1H3. The number of allylic oxidation sites excluding steroid dienone is 1. The highest BCUT2D eigenvalue weighted by Crippen LogP contribution is 2.35. The molecule has 4 rings (SSSR count). The van der Waals surface area contributed by atoms with Crippen molar-refractivity contribution in [2.45, 2.75) is 19.8 Å². The topological polar surface area (TPSA) is 59.4 Å². The number of aryl methyl sites for hydroxylation is 1. The molecule has 1 aromatic heterocycles. The Kier molecular flexibility index (Phi) is 4.77. The third-order valence-corrected chi connectivity index (χ3v) is 5.62. The minimum Gasteiger partial charge on any atom is -0.504 e. The van der Waals surface area contributed by atoms with Gasteiger partial charge in [-0.3, -0.25) is 4.79 Å². The molecule has 1 N–H and O–H groups in total. The van der Waals surface area contributed by atoms with Crippen molar-refractivity contribution in [2.24, 2.45) is 0 Å². The van der Waals surface area contributed by atoms with E-state index in [0.29, 0.717) is 18.8 Å². The number of carbonyl (C=O) groups excluding carboxylic acids is 1. The number of Topliss-reactive ketones (excluding diaryl/α,β-unsaturated/α-hetero) is 1. The van der Waals surface area contributed by atoms with Crippen molar-refractivity contribution in [3.63, 3.8) is 0 Å². The molecule has 136 valence electrons. The van der Waals surface area contributed by atoms with E-state index in [9.17, 15) is 9.90 Å². The van der Waals surface area contributed by atoms with Crippen LogP contribution in [0.3, 0.4) is 0 Å². The first-order valence-corrected chi connectivity index (χ1v) is 9.73. The van der Waals surface area contributed by atoms with Crippen LogP contribution < -0.4 is 4.74 Å². The van der Waals surface area contributed by atoms with Crippen LogP contribution in [0.1, 0.15) is 34.3 Å². The lowest BCUT2D eigenvalue weighted by molar-refractivity contribution is 0.103. The number of phenolic OH excluding ortho intramolecular Hbond substituents is 1. The van der Waals surface area contributed by atoms with Gasteiger partial charge in [-0.25, -0.2) is 4.98 Å². The summed E-state index contributed by atoms with van der Waals surface area (Å²) in [5.41, 5.74) is 3.53. The molecule has 0 atom stereocenters. The third kappa shape index (κ3) is 3.51. The molecule has 3 aromatic rings. The Bertz CT molecular complexity index is 1020. The van der Waals surface area contributed by atoms with Gasteiger partial charge in [0.05, 0.1) is 17.2 Å². The Morgan fingerprint density at radius 3 is 2.78 bits per heavy atom. The number of nitrogens with zero attached hydrogens (tertiary/aromatic N) is 1. The zero-order valence-electron chi connectivity index (χ0n) is 14.9. The van der Waals surface area contributed by atoms with Crippen LogP contribution in [0.15, 0.2) is 54.1 Å². The van der Waals surface area contributed by atoms with Crippen molar-refractivity contribution in [3.05, 3.63) is 70.2 Å². The first-order chi connectivity index (χ1) is 13.2. The van der Waals surface area contributed by atoms with Crippen LogP contribution in [0.4, 0.5) is 0 Å². The maximum absolute atomic E-state index is 13.0. The minimum atomic E-state index is 0.0435. The monoisotopic (exact) mass is 377 g/mol. The van der Waals surface area contributed by atoms with Gasteiger partial charge in [-0.2, -0.15) is 0 Å². The van der Waals surface area contributed by atoms with Crippen molar-refractivity contribution in [1.29, 1.82) is 0 Å². The molecule has 0 spiro atoms. The Morgan fingerprint density at radius 1 is 1.19 bits per heavy atom. The van der Waals surface area contributed by atoms with Crippen LogP contribution in [-0.4, -0.2) is 22.5 Å². The number of benzene rings is 2. The van der Waals surface area contributed by atoms with Crippen molar-refractivity contribution in [2.75, 3.05) is 6.61 Å². The summed E-state index contributed by atoms with van der Waals surface area (Å²) in [6, 6.07) is 15.1. The number of carbonyl (C=O) groups is 1. The van der Waals surface area contributed by atoms with Crippen LogP contribution in [0, 0.1) is 0 Å². The number of hydrogen-bond acceptors (Lipinski definition) is 5. The molecule has 0 bridgehead atoms. The highest BCUT2D eigenvalue weighted by atomic mass is 32.1. The van der Waals surface area contributed by atoms with Crippen LogP contribution in [0.25, 0.3) is 16.6 Å². The van der Waals surface area contributed by atoms with E-state index in [1.165, 1.54) is 11.3 Å². The summed E-state index contributed by atoms with van der Waals surface area (Å²) in [5, 5.41) is 10.7. The van der Waals surface area contributed by atoms with Gasteiger partial charge in [-0.1, -0.05) is 36.4 Å². The third-order valence-electron chi connectivity index (χ3n) is 4.47. The second kappa shape index (κ2) is 7.37. The molecule has 4 nitrogen and oxygen atoms in total. The minimum absolute atomic E-state index is 0.0435. The number of ketones is 1. The average molecular weight is 377 g/mol. The summed E-state index contributed by atoms with van der Waals surface area (Å²) in [7, 11) is 0. The van der Waals surface area contributed by atoms with Crippen molar-refractivity contribution in [1.82, 2.24) is 4.98 Å². The van der Waals surface area contributed by atoms with Crippen LogP contribution in [0.5, 0.6) is 11.5 Å². The number of fused-ring (bicyclic) bond motifs is 1. The number of aromatic hydroxyl groups is 1. The number of aromatic nitrogens is 1. The summed E-state index contributed by atoms with van der Waals surface area (Å²) in [4.78, 5) is 18.4. The molecule has 0 unspecified atom stereocenters. The molecular formula is C22H19NO3S. The number of thiazole rings is 1. The van der Waals surface area contributed by atoms with E-state index in [1.54, 1.807) is 18.2 Å². The Morgan fingerprint density at radius 2 is 2.00 bits per heavy atom. The maximum atomic E-state index is 13.0. The number of rotatable bonds is 4.